The Morgan fingerprint density at radius 3 is 2.77 bits per heavy atom. The van der Waals surface area contributed by atoms with Crippen molar-refractivity contribution in [2.75, 3.05) is 19.6 Å². The molecule has 1 atom stereocenters. The van der Waals surface area contributed by atoms with Gasteiger partial charge in [-0.2, -0.15) is 5.10 Å². The van der Waals surface area contributed by atoms with Crippen LogP contribution in [0.4, 0.5) is 0 Å². The smallest absolute Gasteiger partial charge is 0.274 e. The normalized spacial score (nSPS) is 18.0. The van der Waals surface area contributed by atoms with Gasteiger partial charge in [-0.25, -0.2) is 4.68 Å². The van der Waals surface area contributed by atoms with Crippen molar-refractivity contribution in [3.63, 3.8) is 0 Å². The third-order valence-electron chi connectivity index (χ3n) is 4.08. The first-order valence-electron chi connectivity index (χ1n) is 7.40. The second-order valence-corrected chi connectivity index (χ2v) is 6.62. The number of aromatic nitrogens is 2. The van der Waals surface area contributed by atoms with Crippen molar-refractivity contribution in [2.45, 2.75) is 13.3 Å². The van der Waals surface area contributed by atoms with Crippen LogP contribution in [-0.2, 0) is 0 Å². The molecular weight excluding hydrogens is 344 g/mol. The number of likely N-dealkylation sites (tertiary alicyclic amines) is 1. The highest BCUT2D eigenvalue weighted by molar-refractivity contribution is 9.10. The van der Waals surface area contributed by atoms with E-state index in [2.05, 4.69) is 21.0 Å². The highest BCUT2D eigenvalue weighted by Gasteiger charge is 2.27. The Morgan fingerprint density at radius 1 is 1.41 bits per heavy atom. The van der Waals surface area contributed by atoms with E-state index in [1.54, 1.807) is 4.68 Å². The summed E-state index contributed by atoms with van der Waals surface area (Å²) in [6.45, 7) is 4.10. The van der Waals surface area contributed by atoms with Crippen molar-refractivity contribution in [3.05, 3.63) is 46.2 Å². The molecule has 1 aromatic heterocycles. The van der Waals surface area contributed by atoms with Crippen LogP contribution in [-0.4, -0.2) is 40.2 Å². The lowest BCUT2D eigenvalue weighted by Crippen LogP contribution is -2.30. The van der Waals surface area contributed by atoms with Gasteiger partial charge >= 0.3 is 0 Å². The van der Waals surface area contributed by atoms with Gasteiger partial charge in [0.05, 0.1) is 5.69 Å². The summed E-state index contributed by atoms with van der Waals surface area (Å²) in [6.07, 6.45) is 0.981. The molecule has 6 heteroatoms. The van der Waals surface area contributed by atoms with Crippen LogP contribution in [0.2, 0.25) is 0 Å². The van der Waals surface area contributed by atoms with E-state index in [0.29, 0.717) is 18.2 Å². The van der Waals surface area contributed by atoms with E-state index in [1.807, 2.05) is 42.2 Å². The highest BCUT2D eigenvalue weighted by Crippen LogP contribution is 2.20. The molecule has 2 heterocycles. The summed E-state index contributed by atoms with van der Waals surface area (Å²) in [5.74, 6) is 0.411. The molecule has 1 aromatic carbocycles. The van der Waals surface area contributed by atoms with Crippen molar-refractivity contribution in [3.8, 4) is 5.69 Å². The molecular formula is C16H19BrN4O. The molecule has 116 valence electrons. The fraction of sp³-hybridized carbons (Fsp3) is 0.375. The monoisotopic (exact) mass is 362 g/mol. The lowest BCUT2D eigenvalue weighted by atomic mass is 10.1. The van der Waals surface area contributed by atoms with E-state index in [1.165, 1.54) is 0 Å². The first kappa shape index (κ1) is 15.2. The summed E-state index contributed by atoms with van der Waals surface area (Å²) in [5, 5.41) is 4.48. The number of aryl methyl sites for hydroxylation is 1. The number of nitrogens with zero attached hydrogens (tertiary/aromatic N) is 3. The molecule has 1 amide bonds. The standard InChI is InChI=1S/C16H19BrN4O/c1-11-8-15(16(22)20-7-6-12(9-18)10-20)19-21(11)14-4-2-13(17)3-5-14/h2-5,8,12H,6-7,9-10,18H2,1H3/t12-/m1/s1. The third-order valence-corrected chi connectivity index (χ3v) is 4.61. The molecule has 0 unspecified atom stereocenters. The Bertz CT molecular complexity index is 680. The molecule has 0 saturated carbocycles. The maximum Gasteiger partial charge on any atom is 0.274 e. The summed E-state index contributed by atoms with van der Waals surface area (Å²) in [7, 11) is 0. The average molecular weight is 363 g/mol. The molecule has 3 rings (SSSR count). The van der Waals surface area contributed by atoms with Crippen molar-refractivity contribution < 1.29 is 4.79 Å². The van der Waals surface area contributed by atoms with Crippen molar-refractivity contribution in [1.82, 2.24) is 14.7 Å². The number of rotatable bonds is 3. The van der Waals surface area contributed by atoms with Crippen molar-refractivity contribution in [1.29, 1.82) is 0 Å². The second-order valence-electron chi connectivity index (χ2n) is 5.70. The molecule has 22 heavy (non-hydrogen) atoms. The van der Waals surface area contributed by atoms with Crippen LogP contribution in [0.15, 0.2) is 34.8 Å². The lowest BCUT2D eigenvalue weighted by molar-refractivity contribution is 0.0781. The van der Waals surface area contributed by atoms with Crippen LogP contribution in [0.25, 0.3) is 5.69 Å². The molecule has 0 radical (unpaired) electrons. The molecule has 1 fully saturated rings. The minimum atomic E-state index is -0.00471. The van der Waals surface area contributed by atoms with E-state index in [0.717, 1.165) is 35.4 Å². The van der Waals surface area contributed by atoms with Gasteiger partial charge in [-0.1, -0.05) is 15.9 Å². The van der Waals surface area contributed by atoms with Gasteiger partial charge in [-0.15, -0.1) is 0 Å². The molecule has 1 aliphatic rings. The Kier molecular flexibility index (Phi) is 4.31. The van der Waals surface area contributed by atoms with Crippen LogP contribution in [0, 0.1) is 12.8 Å². The number of hydrogen-bond donors (Lipinski definition) is 1. The van der Waals surface area contributed by atoms with Crippen LogP contribution in [0.3, 0.4) is 0 Å². The number of nitrogens with two attached hydrogens (primary N) is 1. The van der Waals surface area contributed by atoms with Gasteiger partial charge in [0.15, 0.2) is 5.69 Å². The molecule has 0 spiro atoms. The minimum Gasteiger partial charge on any atom is -0.337 e. The number of halogens is 1. The van der Waals surface area contributed by atoms with Gasteiger partial charge in [-0.3, -0.25) is 4.79 Å². The Labute approximate surface area is 138 Å². The molecule has 5 nitrogen and oxygen atoms in total. The molecule has 1 saturated heterocycles. The zero-order chi connectivity index (χ0) is 15.7. The molecule has 1 aliphatic heterocycles. The SMILES string of the molecule is Cc1cc(C(=O)N2CC[C@H](CN)C2)nn1-c1ccc(Br)cc1. The third kappa shape index (κ3) is 2.94. The summed E-state index contributed by atoms with van der Waals surface area (Å²) < 4.78 is 2.82. The summed E-state index contributed by atoms with van der Waals surface area (Å²) >= 11 is 3.42. The van der Waals surface area contributed by atoms with Gasteiger partial charge in [0, 0.05) is 23.3 Å². The molecule has 2 aromatic rings. The number of carbonyl (C=O) groups excluding carboxylic acids is 1. The summed E-state index contributed by atoms with van der Waals surface area (Å²) in [5.41, 5.74) is 8.08. The number of benzene rings is 1. The van der Waals surface area contributed by atoms with Gasteiger partial charge in [0.2, 0.25) is 0 Å². The van der Waals surface area contributed by atoms with Gasteiger partial charge < -0.3 is 10.6 Å². The van der Waals surface area contributed by atoms with Crippen LogP contribution in [0.5, 0.6) is 0 Å². The predicted molar refractivity (Wildman–Crippen MR) is 89.1 cm³/mol. The number of hydrogen-bond acceptors (Lipinski definition) is 3. The van der Waals surface area contributed by atoms with E-state index < -0.39 is 0 Å². The van der Waals surface area contributed by atoms with Crippen LogP contribution < -0.4 is 5.73 Å². The maximum atomic E-state index is 12.6. The van der Waals surface area contributed by atoms with E-state index >= 15 is 0 Å². The quantitative estimate of drug-likeness (QED) is 0.911. The fourth-order valence-electron chi connectivity index (χ4n) is 2.79. The topological polar surface area (TPSA) is 64.2 Å². The first-order chi connectivity index (χ1) is 10.6. The van der Waals surface area contributed by atoms with Crippen molar-refractivity contribution >= 4 is 21.8 Å². The van der Waals surface area contributed by atoms with E-state index in [4.69, 9.17) is 5.73 Å². The van der Waals surface area contributed by atoms with E-state index in [9.17, 15) is 4.79 Å². The van der Waals surface area contributed by atoms with Crippen LogP contribution in [0.1, 0.15) is 22.6 Å². The fourth-order valence-corrected chi connectivity index (χ4v) is 3.06. The van der Waals surface area contributed by atoms with Gasteiger partial charge in [0.1, 0.15) is 0 Å². The number of carbonyl (C=O) groups is 1. The Morgan fingerprint density at radius 2 is 2.14 bits per heavy atom. The Balaban J connectivity index is 1.83. The maximum absolute atomic E-state index is 12.6. The van der Waals surface area contributed by atoms with Crippen molar-refractivity contribution in [2.24, 2.45) is 11.7 Å². The zero-order valence-electron chi connectivity index (χ0n) is 12.5. The Hall–Kier alpha value is -1.66. The largest absolute Gasteiger partial charge is 0.337 e. The molecule has 2 N–H and O–H groups in total. The van der Waals surface area contributed by atoms with Gasteiger partial charge in [-0.05, 0) is 56.1 Å². The summed E-state index contributed by atoms with van der Waals surface area (Å²) in [4.78, 5) is 14.4. The molecule has 0 aliphatic carbocycles. The predicted octanol–water partition coefficient (Wildman–Crippen LogP) is 2.36. The van der Waals surface area contributed by atoms with E-state index in [-0.39, 0.29) is 5.91 Å². The average Bonchev–Trinajstić information content (AvgIpc) is 3.14. The number of amides is 1. The lowest BCUT2D eigenvalue weighted by Gasteiger charge is -2.14. The van der Waals surface area contributed by atoms with Gasteiger partial charge in [0.25, 0.3) is 5.91 Å². The molecule has 0 bridgehead atoms. The highest BCUT2D eigenvalue weighted by atomic mass is 79.9. The second kappa shape index (κ2) is 6.22. The first-order valence-corrected chi connectivity index (χ1v) is 8.19. The summed E-state index contributed by atoms with van der Waals surface area (Å²) in [6, 6.07) is 9.71. The zero-order valence-corrected chi connectivity index (χ0v) is 14.1. The van der Waals surface area contributed by atoms with Crippen LogP contribution >= 0.6 is 15.9 Å². The minimum absolute atomic E-state index is 0.00471.